The fraction of sp³-hybridized carbons (Fsp3) is 0.409. The summed E-state index contributed by atoms with van der Waals surface area (Å²) < 4.78 is 79.6. The molecule has 0 atom stereocenters. The zero-order chi connectivity index (χ0) is 23.0. The first kappa shape index (κ1) is 23.2. The minimum absolute atomic E-state index is 0.00122. The lowest BCUT2D eigenvalue weighted by molar-refractivity contribution is -0.140. The standard InChI is InChI=1S/C22H21F4NO3S/c1-21(28)10-8-14(9-11-21)13-31(29,30)17-5-2-15(3-6-17)18-7-4-16(12-27)19(20(18)23)22(24,25)26/h2-7,14,28H,8-11,13H2,1H3. The normalized spacial score (nSPS) is 22.2. The van der Waals surface area contributed by atoms with Gasteiger partial charge in [-0.05, 0) is 62.3 Å². The van der Waals surface area contributed by atoms with E-state index in [4.69, 9.17) is 5.26 Å². The molecule has 0 saturated heterocycles. The van der Waals surface area contributed by atoms with Crippen molar-refractivity contribution in [1.82, 2.24) is 0 Å². The molecule has 2 aromatic carbocycles. The summed E-state index contributed by atoms with van der Waals surface area (Å²) in [6.07, 6.45) is -2.84. The quantitative estimate of drug-likeness (QED) is 0.651. The van der Waals surface area contributed by atoms with Crippen LogP contribution >= 0.6 is 0 Å². The van der Waals surface area contributed by atoms with Gasteiger partial charge in [0.2, 0.25) is 0 Å². The van der Waals surface area contributed by atoms with E-state index in [1.54, 1.807) is 6.92 Å². The summed E-state index contributed by atoms with van der Waals surface area (Å²) in [5.74, 6) is -1.75. The maximum Gasteiger partial charge on any atom is 0.420 e. The van der Waals surface area contributed by atoms with Crippen LogP contribution < -0.4 is 0 Å². The van der Waals surface area contributed by atoms with Crippen LogP contribution in [0.15, 0.2) is 41.3 Å². The average molecular weight is 455 g/mol. The first-order chi connectivity index (χ1) is 14.3. The Morgan fingerprint density at radius 2 is 1.71 bits per heavy atom. The van der Waals surface area contributed by atoms with Crippen molar-refractivity contribution in [3.05, 3.63) is 53.3 Å². The first-order valence-corrected chi connectivity index (χ1v) is 11.3. The highest BCUT2D eigenvalue weighted by molar-refractivity contribution is 7.91. The maximum absolute atomic E-state index is 14.6. The summed E-state index contributed by atoms with van der Waals surface area (Å²) >= 11 is 0. The fourth-order valence-electron chi connectivity index (χ4n) is 3.88. The first-order valence-electron chi connectivity index (χ1n) is 9.69. The van der Waals surface area contributed by atoms with Gasteiger partial charge in [0.1, 0.15) is 11.4 Å². The number of rotatable bonds is 4. The molecule has 166 valence electrons. The van der Waals surface area contributed by atoms with Crippen molar-refractivity contribution < 1.29 is 31.1 Å². The molecule has 0 aromatic heterocycles. The van der Waals surface area contributed by atoms with Crippen LogP contribution in [0.2, 0.25) is 0 Å². The Bertz CT molecular complexity index is 1110. The van der Waals surface area contributed by atoms with Crippen LogP contribution in [0.3, 0.4) is 0 Å². The average Bonchev–Trinajstić information content (AvgIpc) is 2.68. The molecule has 1 saturated carbocycles. The van der Waals surface area contributed by atoms with Gasteiger partial charge in [0, 0.05) is 5.56 Å². The Morgan fingerprint density at radius 3 is 2.23 bits per heavy atom. The molecule has 1 N–H and O–H groups in total. The summed E-state index contributed by atoms with van der Waals surface area (Å²) in [6, 6.07) is 8.30. The van der Waals surface area contributed by atoms with Gasteiger partial charge in [-0.1, -0.05) is 18.2 Å². The van der Waals surface area contributed by atoms with Crippen molar-refractivity contribution in [1.29, 1.82) is 5.26 Å². The predicted octanol–water partition coefficient (Wildman–Crippen LogP) is 5.10. The van der Waals surface area contributed by atoms with Gasteiger partial charge in [-0.25, -0.2) is 12.8 Å². The van der Waals surface area contributed by atoms with E-state index in [0.717, 1.165) is 12.1 Å². The van der Waals surface area contributed by atoms with E-state index in [-0.39, 0.29) is 27.7 Å². The molecule has 2 aromatic rings. The molecule has 1 aliphatic carbocycles. The van der Waals surface area contributed by atoms with E-state index in [1.165, 1.54) is 30.3 Å². The highest BCUT2D eigenvalue weighted by Gasteiger charge is 2.38. The van der Waals surface area contributed by atoms with Crippen molar-refractivity contribution in [3.8, 4) is 17.2 Å². The molecular weight excluding hydrogens is 434 g/mol. The number of halogens is 4. The van der Waals surface area contributed by atoms with E-state index < -0.39 is 38.6 Å². The number of sulfone groups is 1. The lowest BCUT2D eigenvalue weighted by Crippen LogP contribution is -2.32. The summed E-state index contributed by atoms with van der Waals surface area (Å²) in [7, 11) is -3.65. The van der Waals surface area contributed by atoms with Gasteiger partial charge in [0.25, 0.3) is 0 Å². The van der Waals surface area contributed by atoms with Crippen LogP contribution in [0.5, 0.6) is 0 Å². The van der Waals surface area contributed by atoms with E-state index >= 15 is 0 Å². The molecule has 9 heteroatoms. The number of nitriles is 1. The van der Waals surface area contributed by atoms with Crippen LogP contribution in [0.1, 0.15) is 43.7 Å². The molecular formula is C22H21F4NO3S. The van der Waals surface area contributed by atoms with Crippen LogP contribution in [-0.4, -0.2) is 24.9 Å². The van der Waals surface area contributed by atoms with E-state index in [0.29, 0.717) is 25.7 Å². The number of alkyl halides is 3. The van der Waals surface area contributed by atoms with Crippen LogP contribution in [0.4, 0.5) is 17.6 Å². The molecule has 0 amide bonds. The van der Waals surface area contributed by atoms with Crippen LogP contribution in [-0.2, 0) is 16.0 Å². The highest BCUT2D eigenvalue weighted by Crippen LogP contribution is 2.38. The molecule has 31 heavy (non-hydrogen) atoms. The van der Waals surface area contributed by atoms with E-state index in [2.05, 4.69) is 0 Å². The van der Waals surface area contributed by atoms with Crippen molar-refractivity contribution in [2.24, 2.45) is 5.92 Å². The Hall–Kier alpha value is -2.44. The molecule has 1 fully saturated rings. The molecule has 0 heterocycles. The molecule has 0 aliphatic heterocycles. The van der Waals surface area contributed by atoms with E-state index in [1.807, 2.05) is 0 Å². The number of nitrogens with zero attached hydrogens (tertiary/aromatic N) is 1. The van der Waals surface area contributed by atoms with Crippen molar-refractivity contribution in [3.63, 3.8) is 0 Å². The van der Waals surface area contributed by atoms with Gasteiger partial charge in [-0.3, -0.25) is 0 Å². The van der Waals surface area contributed by atoms with Gasteiger partial charge >= 0.3 is 6.18 Å². The number of benzene rings is 2. The van der Waals surface area contributed by atoms with Gasteiger partial charge in [-0.15, -0.1) is 0 Å². The molecule has 4 nitrogen and oxygen atoms in total. The second-order valence-corrected chi connectivity index (χ2v) is 10.2. The molecule has 0 spiro atoms. The van der Waals surface area contributed by atoms with Gasteiger partial charge in [0.05, 0.1) is 27.9 Å². The zero-order valence-corrected chi connectivity index (χ0v) is 17.5. The SMILES string of the molecule is CC1(O)CCC(CS(=O)(=O)c2ccc(-c3ccc(C#N)c(C(F)(F)F)c3F)cc2)CC1. The Balaban J connectivity index is 1.86. The minimum atomic E-state index is -5.04. The number of hydrogen-bond acceptors (Lipinski definition) is 4. The topological polar surface area (TPSA) is 78.2 Å². The van der Waals surface area contributed by atoms with E-state index in [9.17, 15) is 31.1 Å². The van der Waals surface area contributed by atoms with Gasteiger partial charge < -0.3 is 5.11 Å². The minimum Gasteiger partial charge on any atom is -0.390 e. The number of aliphatic hydroxyl groups is 1. The monoisotopic (exact) mass is 455 g/mol. The largest absolute Gasteiger partial charge is 0.420 e. The smallest absolute Gasteiger partial charge is 0.390 e. The lowest BCUT2D eigenvalue weighted by Gasteiger charge is -2.32. The Labute approximate surface area is 178 Å². The summed E-state index contributed by atoms with van der Waals surface area (Å²) in [4.78, 5) is -0.00122. The zero-order valence-electron chi connectivity index (χ0n) is 16.7. The molecule has 3 rings (SSSR count). The molecule has 0 unspecified atom stereocenters. The molecule has 0 bridgehead atoms. The Morgan fingerprint density at radius 1 is 1.13 bits per heavy atom. The third-order valence-electron chi connectivity index (χ3n) is 5.71. The van der Waals surface area contributed by atoms with Crippen molar-refractivity contribution >= 4 is 9.84 Å². The van der Waals surface area contributed by atoms with Crippen molar-refractivity contribution in [2.45, 2.75) is 49.3 Å². The predicted molar refractivity (Wildman–Crippen MR) is 106 cm³/mol. The second-order valence-electron chi connectivity index (χ2n) is 8.21. The maximum atomic E-state index is 14.6. The third-order valence-corrected chi connectivity index (χ3v) is 7.61. The van der Waals surface area contributed by atoms with Gasteiger partial charge in [-0.2, -0.15) is 18.4 Å². The lowest BCUT2D eigenvalue weighted by atomic mass is 9.81. The highest BCUT2D eigenvalue weighted by atomic mass is 32.2. The van der Waals surface area contributed by atoms with Crippen LogP contribution in [0, 0.1) is 23.1 Å². The summed E-state index contributed by atoms with van der Waals surface area (Å²) in [5, 5.41) is 18.9. The summed E-state index contributed by atoms with van der Waals surface area (Å²) in [6.45, 7) is 1.73. The molecule has 0 radical (unpaired) electrons. The second kappa shape index (κ2) is 8.24. The van der Waals surface area contributed by atoms with Crippen molar-refractivity contribution in [2.75, 3.05) is 5.75 Å². The Kier molecular flexibility index (Phi) is 6.18. The van der Waals surface area contributed by atoms with Crippen LogP contribution in [0.25, 0.3) is 11.1 Å². The summed E-state index contributed by atoms with van der Waals surface area (Å²) in [5.41, 5.74) is -3.54. The molecule has 1 aliphatic rings. The van der Waals surface area contributed by atoms with Gasteiger partial charge in [0.15, 0.2) is 9.84 Å². The fourth-order valence-corrected chi connectivity index (χ4v) is 5.58. The number of hydrogen-bond donors (Lipinski definition) is 1. The third kappa shape index (κ3) is 5.08.